The van der Waals surface area contributed by atoms with Gasteiger partial charge in [-0.25, -0.2) is 9.80 Å². The van der Waals surface area contributed by atoms with Crippen molar-refractivity contribution in [2.45, 2.75) is 57.5 Å². The molecule has 2 heterocycles. The van der Waals surface area contributed by atoms with E-state index in [1.54, 1.807) is 12.1 Å². The van der Waals surface area contributed by atoms with Gasteiger partial charge in [-0.2, -0.15) is 5.10 Å². The first-order valence-electron chi connectivity index (χ1n) is 11.2. The molecular formula is C23H28N4O7. The van der Waals surface area contributed by atoms with Crippen LogP contribution in [0, 0.1) is 0 Å². The first kappa shape index (κ1) is 23.4. The number of nitrogens with one attached hydrogen (secondary N) is 1. The number of H-pyrrole nitrogens is 1. The number of carbonyl (C=O) groups is 1. The van der Waals surface area contributed by atoms with E-state index in [2.05, 4.69) is 10.1 Å². The summed E-state index contributed by atoms with van der Waals surface area (Å²) in [6, 6.07) is 2.25. The Balaban J connectivity index is 1.79. The van der Waals surface area contributed by atoms with Crippen molar-refractivity contribution in [2.75, 3.05) is 14.2 Å². The number of aromatic hydroxyl groups is 2. The van der Waals surface area contributed by atoms with E-state index in [1.165, 1.54) is 30.7 Å². The quantitative estimate of drug-likeness (QED) is 0.604. The second-order valence-corrected chi connectivity index (χ2v) is 8.52. The molecule has 4 rings (SSSR count). The monoisotopic (exact) mass is 472 g/mol. The van der Waals surface area contributed by atoms with Crippen molar-refractivity contribution in [1.82, 2.24) is 14.6 Å². The molecule has 0 radical (unpaired) electrons. The topological polar surface area (TPSA) is 146 Å². The summed E-state index contributed by atoms with van der Waals surface area (Å²) in [5, 5.41) is 26.8. The Morgan fingerprint density at radius 2 is 1.71 bits per heavy atom. The van der Waals surface area contributed by atoms with Gasteiger partial charge in [-0.3, -0.25) is 19.1 Å². The van der Waals surface area contributed by atoms with E-state index in [0.29, 0.717) is 5.56 Å². The fraction of sp³-hybridized carbons (Fsp3) is 0.478. The molecule has 3 N–H and O–H groups in total. The standard InChI is InChI=1S/C23H28N4O7/c1-12(28)27-16(13-9-17(33-2)20(29)18(10-13)34-3)11-15(25-27)19-21(30)24-23(32)26(22(19)31)14-7-5-4-6-8-14/h9-10,14,16,29,31H,4-8,11H2,1-3H3,(H,24,30,32)/t16-/m0/s1. The summed E-state index contributed by atoms with van der Waals surface area (Å²) < 4.78 is 11.7. The number of hydrogen-bond donors (Lipinski definition) is 3. The third-order valence-corrected chi connectivity index (χ3v) is 6.47. The van der Waals surface area contributed by atoms with Gasteiger partial charge in [0, 0.05) is 19.4 Å². The molecule has 1 aromatic heterocycles. The number of ether oxygens (including phenoxy) is 2. The first-order chi connectivity index (χ1) is 16.3. The van der Waals surface area contributed by atoms with Crippen molar-refractivity contribution < 1.29 is 24.5 Å². The lowest BCUT2D eigenvalue weighted by Crippen LogP contribution is -2.36. The molecule has 0 bridgehead atoms. The average Bonchev–Trinajstić information content (AvgIpc) is 3.25. The van der Waals surface area contributed by atoms with Crippen molar-refractivity contribution >= 4 is 11.6 Å². The molecule has 0 spiro atoms. The lowest BCUT2D eigenvalue weighted by molar-refractivity contribution is -0.130. The predicted molar refractivity (Wildman–Crippen MR) is 123 cm³/mol. The molecule has 2 aromatic rings. The maximum Gasteiger partial charge on any atom is 0.331 e. The average molecular weight is 472 g/mol. The number of carbonyl (C=O) groups excluding carboxylic acids is 1. The van der Waals surface area contributed by atoms with Gasteiger partial charge in [0.05, 0.1) is 26.0 Å². The molecule has 1 amide bonds. The molecule has 1 aliphatic heterocycles. The maximum absolute atomic E-state index is 12.8. The van der Waals surface area contributed by atoms with Gasteiger partial charge in [0.1, 0.15) is 5.56 Å². The molecule has 1 aliphatic carbocycles. The van der Waals surface area contributed by atoms with Gasteiger partial charge < -0.3 is 19.7 Å². The molecule has 11 nitrogen and oxygen atoms in total. The van der Waals surface area contributed by atoms with Crippen LogP contribution in [0.5, 0.6) is 23.1 Å². The Morgan fingerprint density at radius 3 is 2.26 bits per heavy atom. The number of hydrogen-bond acceptors (Lipinski definition) is 8. The number of aromatic nitrogens is 2. The smallest absolute Gasteiger partial charge is 0.331 e. The molecule has 0 saturated heterocycles. The van der Waals surface area contributed by atoms with Gasteiger partial charge in [0.15, 0.2) is 11.5 Å². The van der Waals surface area contributed by atoms with Crippen LogP contribution in [0.15, 0.2) is 26.8 Å². The lowest BCUT2D eigenvalue weighted by atomic mass is 9.94. The second-order valence-electron chi connectivity index (χ2n) is 8.52. The zero-order valence-electron chi connectivity index (χ0n) is 19.3. The second kappa shape index (κ2) is 9.24. The van der Waals surface area contributed by atoms with E-state index in [4.69, 9.17) is 9.47 Å². The van der Waals surface area contributed by atoms with E-state index < -0.39 is 23.2 Å². The van der Waals surface area contributed by atoms with Gasteiger partial charge in [-0.05, 0) is 30.5 Å². The Kier molecular flexibility index (Phi) is 6.36. The van der Waals surface area contributed by atoms with Gasteiger partial charge in [0.2, 0.25) is 17.5 Å². The summed E-state index contributed by atoms with van der Waals surface area (Å²) in [6.45, 7) is 1.33. The Labute approximate surface area is 195 Å². The predicted octanol–water partition coefficient (Wildman–Crippen LogP) is 2.17. The SMILES string of the molecule is COc1cc([C@@H]2CC(c3c(O)n(C4CCCCC4)c(=O)[nH]c3=O)=NN2C(C)=O)cc(OC)c1O. The number of aromatic amines is 1. The van der Waals surface area contributed by atoms with Crippen molar-refractivity contribution in [3.63, 3.8) is 0 Å². The van der Waals surface area contributed by atoms with Crippen LogP contribution in [-0.2, 0) is 4.79 Å². The first-order valence-corrected chi connectivity index (χ1v) is 11.2. The number of methoxy groups -OCH3 is 2. The summed E-state index contributed by atoms with van der Waals surface area (Å²) in [5.41, 5.74) is -0.828. The van der Waals surface area contributed by atoms with Crippen LogP contribution >= 0.6 is 0 Å². The highest BCUT2D eigenvalue weighted by Crippen LogP contribution is 2.42. The molecule has 1 aromatic carbocycles. The van der Waals surface area contributed by atoms with Crippen LogP contribution in [0.2, 0.25) is 0 Å². The fourth-order valence-corrected chi connectivity index (χ4v) is 4.79. The maximum atomic E-state index is 12.8. The molecule has 2 aliphatic rings. The van der Waals surface area contributed by atoms with Crippen LogP contribution < -0.4 is 20.7 Å². The lowest BCUT2D eigenvalue weighted by Gasteiger charge is -2.25. The third kappa shape index (κ3) is 4.02. The van der Waals surface area contributed by atoms with Crippen LogP contribution in [-0.4, -0.2) is 50.6 Å². The minimum absolute atomic E-state index is 0.0934. The molecule has 182 valence electrons. The van der Waals surface area contributed by atoms with Crippen molar-refractivity contribution in [2.24, 2.45) is 5.10 Å². The molecule has 1 saturated carbocycles. The summed E-state index contributed by atoms with van der Waals surface area (Å²) in [7, 11) is 2.79. The van der Waals surface area contributed by atoms with Crippen molar-refractivity contribution in [1.29, 1.82) is 0 Å². The number of phenolic OH excluding ortho intramolecular Hbond substituents is 1. The molecule has 0 unspecified atom stereocenters. The van der Waals surface area contributed by atoms with Gasteiger partial charge in [-0.1, -0.05) is 19.3 Å². The fourth-order valence-electron chi connectivity index (χ4n) is 4.79. The minimum Gasteiger partial charge on any atom is -0.502 e. The van der Waals surface area contributed by atoms with E-state index >= 15 is 0 Å². The summed E-state index contributed by atoms with van der Waals surface area (Å²) in [4.78, 5) is 40.0. The van der Waals surface area contributed by atoms with E-state index in [-0.39, 0.29) is 46.9 Å². The molecule has 1 fully saturated rings. The number of hydrazone groups is 1. The number of nitrogens with zero attached hydrogens (tertiary/aromatic N) is 3. The van der Waals surface area contributed by atoms with Crippen LogP contribution in [0.3, 0.4) is 0 Å². The van der Waals surface area contributed by atoms with Crippen molar-refractivity contribution in [3.05, 3.63) is 44.1 Å². The number of benzene rings is 1. The molecule has 11 heteroatoms. The minimum atomic E-state index is -0.765. The zero-order valence-corrected chi connectivity index (χ0v) is 19.3. The number of rotatable bonds is 5. The van der Waals surface area contributed by atoms with Crippen LogP contribution in [0.4, 0.5) is 0 Å². The number of amides is 1. The number of phenols is 1. The highest BCUT2D eigenvalue weighted by molar-refractivity contribution is 6.04. The largest absolute Gasteiger partial charge is 0.502 e. The zero-order chi connectivity index (χ0) is 24.6. The molecular weight excluding hydrogens is 444 g/mol. The summed E-state index contributed by atoms with van der Waals surface area (Å²) >= 11 is 0. The van der Waals surface area contributed by atoms with E-state index in [9.17, 15) is 24.6 Å². The molecule has 1 atom stereocenters. The van der Waals surface area contributed by atoms with Crippen LogP contribution in [0.1, 0.15) is 68.7 Å². The normalized spacial score (nSPS) is 18.6. The Morgan fingerprint density at radius 1 is 1.09 bits per heavy atom. The highest BCUT2D eigenvalue weighted by Gasteiger charge is 2.36. The van der Waals surface area contributed by atoms with Gasteiger partial charge >= 0.3 is 5.69 Å². The molecule has 34 heavy (non-hydrogen) atoms. The van der Waals surface area contributed by atoms with Crippen LogP contribution in [0.25, 0.3) is 0 Å². The van der Waals surface area contributed by atoms with Gasteiger partial charge in [0.25, 0.3) is 5.56 Å². The third-order valence-electron chi connectivity index (χ3n) is 6.47. The summed E-state index contributed by atoms with van der Waals surface area (Å²) in [5.74, 6) is -0.710. The Hall–Kier alpha value is -3.76. The Bertz CT molecular complexity index is 1230. The van der Waals surface area contributed by atoms with Gasteiger partial charge in [-0.15, -0.1) is 0 Å². The van der Waals surface area contributed by atoms with E-state index in [0.717, 1.165) is 32.1 Å². The highest BCUT2D eigenvalue weighted by atomic mass is 16.5. The van der Waals surface area contributed by atoms with Crippen molar-refractivity contribution in [3.8, 4) is 23.1 Å². The summed E-state index contributed by atoms with van der Waals surface area (Å²) in [6.07, 6.45) is 4.45. The van der Waals surface area contributed by atoms with E-state index in [1.807, 2.05) is 0 Å².